The van der Waals surface area contributed by atoms with Crippen molar-refractivity contribution in [1.29, 1.82) is 0 Å². The fraction of sp³-hybridized carbons (Fsp3) is 0.333. The molecule has 0 bridgehead atoms. The van der Waals surface area contributed by atoms with Gasteiger partial charge in [0.15, 0.2) is 11.5 Å². The molecule has 0 saturated carbocycles. The number of benzene rings is 1. The molecule has 2 N–H and O–H groups in total. The first-order chi connectivity index (χ1) is 15.4. The van der Waals surface area contributed by atoms with E-state index in [1.165, 1.54) is 0 Å². The third kappa shape index (κ3) is 2.73. The maximum absolute atomic E-state index is 10.8. The van der Waals surface area contributed by atoms with E-state index in [2.05, 4.69) is 20.6 Å². The first-order valence-electron chi connectivity index (χ1n) is 10.7. The summed E-state index contributed by atoms with van der Waals surface area (Å²) in [5.74, 6) is 1.16. The van der Waals surface area contributed by atoms with E-state index in [1.54, 1.807) is 26.2 Å². The number of aliphatic hydroxyl groups excluding tert-OH is 1. The molecule has 6 rings (SSSR count). The molecule has 3 aromatic heterocycles. The van der Waals surface area contributed by atoms with E-state index in [0.29, 0.717) is 25.5 Å². The molecule has 0 radical (unpaired) electrons. The Labute approximate surface area is 184 Å². The van der Waals surface area contributed by atoms with Gasteiger partial charge in [-0.2, -0.15) is 0 Å². The number of ether oxygens (including phenoxy) is 1. The molecule has 1 aliphatic carbocycles. The molecule has 1 spiro atoms. The number of nitrogens with zero attached hydrogens (tertiary/aromatic N) is 5. The zero-order chi connectivity index (χ0) is 22.1. The number of aliphatic hydroxyl groups is 2. The number of imidazole rings is 1. The summed E-state index contributed by atoms with van der Waals surface area (Å²) in [5.41, 5.74) is 3.32. The highest BCUT2D eigenvalue weighted by molar-refractivity contribution is 5.77. The standard InChI is InChI=1S/C24H23N5O3/c1-23(2,31)22-25-10-14(11-26-22)17-7-8-18-21(28-17)29-20(27-18)12-32-13-24(29)9-19(30)15-5-3-4-6-16(15)24/h3-8,10-11,19,30-31H,9,12-13H2,1-2H3. The van der Waals surface area contributed by atoms with Crippen LogP contribution in [-0.4, -0.2) is 41.3 Å². The lowest BCUT2D eigenvalue weighted by molar-refractivity contribution is 0.00835. The molecule has 0 fully saturated rings. The predicted molar refractivity (Wildman–Crippen MR) is 117 cm³/mol. The number of hydrogen-bond acceptors (Lipinski definition) is 7. The first kappa shape index (κ1) is 19.5. The van der Waals surface area contributed by atoms with E-state index in [4.69, 9.17) is 14.7 Å². The number of aromatic nitrogens is 5. The van der Waals surface area contributed by atoms with Crippen LogP contribution >= 0.6 is 0 Å². The summed E-state index contributed by atoms with van der Waals surface area (Å²) in [4.78, 5) is 18.4. The molecule has 4 aromatic rings. The number of fused-ring (bicyclic) bond motifs is 6. The lowest BCUT2D eigenvalue weighted by atomic mass is 9.91. The minimum absolute atomic E-state index is 0.358. The normalized spacial score (nSPS) is 22.3. The van der Waals surface area contributed by atoms with Crippen molar-refractivity contribution in [2.45, 2.75) is 44.1 Å². The average molecular weight is 429 g/mol. The van der Waals surface area contributed by atoms with Crippen molar-refractivity contribution in [2.75, 3.05) is 6.61 Å². The minimum Gasteiger partial charge on any atom is -0.388 e. The van der Waals surface area contributed by atoms with E-state index in [1.807, 2.05) is 30.3 Å². The molecule has 2 unspecified atom stereocenters. The summed E-state index contributed by atoms with van der Waals surface area (Å²) in [6, 6.07) is 11.8. The van der Waals surface area contributed by atoms with Gasteiger partial charge in [0.05, 0.1) is 23.9 Å². The molecule has 1 aliphatic heterocycles. The lowest BCUT2D eigenvalue weighted by Crippen LogP contribution is -2.42. The van der Waals surface area contributed by atoms with Crippen LogP contribution in [-0.2, 0) is 22.5 Å². The quantitative estimate of drug-likeness (QED) is 0.505. The van der Waals surface area contributed by atoms with Crippen molar-refractivity contribution in [2.24, 2.45) is 0 Å². The Kier molecular flexibility index (Phi) is 4.05. The third-order valence-electron chi connectivity index (χ3n) is 6.42. The molecule has 32 heavy (non-hydrogen) atoms. The second-order valence-corrected chi connectivity index (χ2v) is 9.09. The maximum atomic E-state index is 10.8. The van der Waals surface area contributed by atoms with E-state index < -0.39 is 17.2 Å². The predicted octanol–water partition coefficient (Wildman–Crippen LogP) is 2.83. The average Bonchev–Trinajstić information content (AvgIpc) is 3.30. The molecular formula is C24H23N5O3. The van der Waals surface area contributed by atoms with Crippen molar-refractivity contribution in [3.8, 4) is 11.3 Å². The Hall–Kier alpha value is -3.20. The van der Waals surface area contributed by atoms with Crippen LogP contribution in [0.1, 0.15) is 49.1 Å². The zero-order valence-corrected chi connectivity index (χ0v) is 17.9. The van der Waals surface area contributed by atoms with Crippen molar-refractivity contribution >= 4 is 11.2 Å². The van der Waals surface area contributed by atoms with E-state index >= 15 is 0 Å². The van der Waals surface area contributed by atoms with Crippen LogP contribution in [0.2, 0.25) is 0 Å². The smallest absolute Gasteiger partial charge is 0.161 e. The van der Waals surface area contributed by atoms with Crippen LogP contribution in [0, 0.1) is 0 Å². The van der Waals surface area contributed by atoms with Gasteiger partial charge in [-0.15, -0.1) is 0 Å². The summed E-state index contributed by atoms with van der Waals surface area (Å²) in [6.45, 7) is 4.16. The maximum Gasteiger partial charge on any atom is 0.161 e. The van der Waals surface area contributed by atoms with Crippen LogP contribution < -0.4 is 0 Å². The van der Waals surface area contributed by atoms with Crippen molar-refractivity contribution < 1.29 is 14.9 Å². The molecule has 8 heteroatoms. The van der Waals surface area contributed by atoms with E-state index in [-0.39, 0.29) is 0 Å². The summed E-state index contributed by atoms with van der Waals surface area (Å²) < 4.78 is 8.11. The molecule has 2 atom stereocenters. The molecule has 1 aromatic carbocycles. The van der Waals surface area contributed by atoms with Crippen molar-refractivity contribution in [1.82, 2.24) is 24.5 Å². The van der Waals surface area contributed by atoms with Crippen LogP contribution in [0.4, 0.5) is 0 Å². The van der Waals surface area contributed by atoms with Gasteiger partial charge >= 0.3 is 0 Å². The van der Waals surface area contributed by atoms with Gasteiger partial charge in [0.25, 0.3) is 0 Å². The molecular weight excluding hydrogens is 406 g/mol. The van der Waals surface area contributed by atoms with Crippen LogP contribution in [0.5, 0.6) is 0 Å². The topological polar surface area (TPSA) is 106 Å². The molecule has 162 valence electrons. The third-order valence-corrected chi connectivity index (χ3v) is 6.42. The Morgan fingerprint density at radius 3 is 2.66 bits per heavy atom. The van der Waals surface area contributed by atoms with Crippen LogP contribution in [0.15, 0.2) is 48.8 Å². The van der Waals surface area contributed by atoms with Gasteiger partial charge in [-0.3, -0.25) is 4.57 Å². The summed E-state index contributed by atoms with van der Waals surface area (Å²) in [7, 11) is 0. The van der Waals surface area contributed by atoms with Crippen molar-refractivity contribution in [3.05, 3.63) is 71.6 Å². The molecule has 8 nitrogen and oxygen atoms in total. The van der Waals surface area contributed by atoms with Gasteiger partial charge in [-0.1, -0.05) is 24.3 Å². The second-order valence-electron chi connectivity index (χ2n) is 9.09. The monoisotopic (exact) mass is 429 g/mol. The highest BCUT2D eigenvalue weighted by atomic mass is 16.5. The largest absolute Gasteiger partial charge is 0.388 e. The second kappa shape index (κ2) is 6.65. The SMILES string of the molecule is CC(C)(O)c1ncc(-c2ccc3nc4n(c3n2)C2(COC4)CC(O)c3ccccc32)cn1. The zero-order valence-electron chi connectivity index (χ0n) is 17.9. The van der Waals surface area contributed by atoms with E-state index in [0.717, 1.165) is 39.4 Å². The molecule has 0 amide bonds. The van der Waals surface area contributed by atoms with Gasteiger partial charge in [0.2, 0.25) is 0 Å². The first-order valence-corrected chi connectivity index (χ1v) is 10.7. The minimum atomic E-state index is -1.11. The molecule has 0 saturated heterocycles. The Morgan fingerprint density at radius 2 is 1.88 bits per heavy atom. The number of pyridine rings is 1. The Morgan fingerprint density at radius 1 is 1.09 bits per heavy atom. The van der Waals surface area contributed by atoms with Gasteiger partial charge in [-0.25, -0.2) is 19.9 Å². The van der Waals surface area contributed by atoms with Gasteiger partial charge in [0, 0.05) is 24.4 Å². The van der Waals surface area contributed by atoms with Gasteiger partial charge < -0.3 is 14.9 Å². The van der Waals surface area contributed by atoms with Crippen molar-refractivity contribution in [3.63, 3.8) is 0 Å². The Bertz CT molecular complexity index is 1340. The molecule has 2 aliphatic rings. The van der Waals surface area contributed by atoms with Gasteiger partial charge in [0.1, 0.15) is 23.5 Å². The fourth-order valence-electron chi connectivity index (χ4n) is 4.96. The van der Waals surface area contributed by atoms with Crippen LogP contribution in [0.25, 0.3) is 22.4 Å². The van der Waals surface area contributed by atoms with E-state index in [9.17, 15) is 10.2 Å². The highest BCUT2D eigenvalue weighted by Crippen LogP contribution is 2.49. The summed E-state index contributed by atoms with van der Waals surface area (Å²) in [6.07, 6.45) is 3.30. The highest BCUT2D eigenvalue weighted by Gasteiger charge is 2.48. The Balaban J connectivity index is 1.52. The fourth-order valence-corrected chi connectivity index (χ4v) is 4.96. The summed E-state index contributed by atoms with van der Waals surface area (Å²) in [5, 5.41) is 20.9. The van der Waals surface area contributed by atoms with Gasteiger partial charge in [-0.05, 0) is 37.1 Å². The molecule has 4 heterocycles. The van der Waals surface area contributed by atoms with Crippen LogP contribution in [0.3, 0.4) is 0 Å². The lowest BCUT2D eigenvalue weighted by Gasteiger charge is -2.37. The number of rotatable bonds is 2. The summed E-state index contributed by atoms with van der Waals surface area (Å²) >= 11 is 0. The number of hydrogen-bond donors (Lipinski definition) is 2.